The molecule has 1 amide bonds. The average Bonchev–Trinajstić information content (AvgIpc) is 3.22. The lowest BCUT2D eigenvalue weighted by atomic mass is 10.0. The maximum atomic E-state index is 12.6. The molecule has 2 aliphatic heterocycles. The Morgan fingerprint density at radius 1 is 1.33 bits per heavy atom. The molecule has 0 aliphatic carbocycles. The van der Waals surface area contributed by atoms with Gasteiger partial charge in [-0.05, 0) is 37.5 Å². The third kappa shape index (κ3) is 2.72. The Kier molecular flexibility index (Phi) is 4.06. The van der Waals surface area contributed by atoms with Crippen LogP contribution in [0.15, 0.2) is 30.5 Å². The molecule has 1 N–H and O–H groups in total. The zero-order valence-electron chi connectivity index (χ0n) is 13.7. The average molecular weight is 345 g/mol. The first-order valence-electron chi connectivity index (χ1n) is 8.46. The van der Waals surface area contributed by atoms with Gasteiger partial charge in [-0.25, -0.2) is 0 Å². The molecule has 24 heavy (non-hydrogen) atoms. The number of amides is 1. The summed E-state index contributed by atoms with van der Waals surface area (Å²) < 4.78 is 0. The van der Waals surface area contributed by atoms with Gasteiger partial charge in [0.15, 0.2) is 0 Å². The van der Waals surface area contributed by atoms with E-state index in [1.807, 2.05) is 37.4 Å². The van der Waals surface area contributed by atoms with Crippen molar-refractivity contribution in [2.75, 3.05) is 13.1 Å². The third-order valence-electron chi connectivity index (χ3n) is 5.23. The van der Waals surface area contributed by atoms with Crippen LogP contribution in [0.2, 0.25) is 5.02 Å². The summed E-state index contributed by atoms with van der Waals surface area (Å²) in [4.78, 5) is 16.9. The molecule has 0 radical (unpaired) electrons. The van der Waals surface area contributed by atoms with Gasteiger partial charge in [0.1, 0.15) is 0 Å². The molecule has 2 fully saturated rings. The Bertz CT molecular complexity index is 742. The second-order valence-electron chi connectivity index (χ2n) is 6.71. The lowest BCUT2D eigenvalue weighted by Gasteiger charge is -2.41. The maximum absolute atomic E-state index is 12.6. The highest BCUT2D eigenvalue weighted by Crippen LogP contribution is 2.29. The van der Waals surface area contributed by atoms with Gasteiger partial charge in [0, 0.05) is 36.3 Å². The molecule has 0 bridgehead atoms. The molecule has 3 heterocycles. The first kappa shape index (κ1) is 15.7. The van der Waals surface area contributed by atoms with Gasteiger partial charge in [0.2, 0.25) is 5.91 Å². The number of aromatic nitrogens is 2. The summed E-state index contributed by atoms with van der Waals surface area (Å²) in [5.41, 5.74) is 3.17. The van der Waals surface area contributed by atoms with E-state index in [0.29, 0.717) is 6.04 Å². The number of H-pyrrole nitrogens is 1. The van der Waals surface area contributed by atoms with Crippen molar-refractivity contribution >= 4 is 17.5 Å². The second-order valence-corrected chi connectivity index (χ2v) is 7.15. The fourth-order valence-electron chi connectivity index (χ4n) is 3.86. The Balaban J connectivity index is 1.56. The Hall–Kier alpha value is -1.85. The Labute approximate surface area is 146 Å². The predicted octanol–water partition coefficient (Wildman–Crippen LogP) is 2.93. The highest BCUT2D eigenvalue weighted by molar-refractivity contribution is 6.30. The summed E-state index contributed by atoms with van der Waals surface area (Å²) in [6, 6.07) is 8.04. The van der Waals surface area contributed by atoms with Crippen LogP contribution in [0.5, 0.6) is 0 Å². The van der Waals surface area contributed by atoms with Crippen LogP contribution in [-0.2, 0) is 11.3 Å². The molecule has 2 atom stereocenters. The molecular weight excluding hydrogens is 324 g/mol. The summed E-state index contributed by atoms with van der Waals surface area (Å²) >= 11 is 5.98. The minimum absolute atomic E-state index is 0.0766. The number of nitrogens with one attached hydrogen (secondary N) is 1. The summed E-state index contributed by atoms with van der Waals surface area (Å²) in [7, 11) is 0. The van der Waals surface area contributed by atoms with Crippen LogP contribution in [0.1, 0.15) is 25.3 Å². The fourth-order valence-corrected chi connectivity index (χ4v) is 3.98. The number of aromatic amines is 1. The number of nitrogens with zero attached hydrogens (tertiary/aromatic N) is 3. The summed E-state index contributed by atoms with van der Waals surface area (Å²) in [5, 5.41) is 8.02. The van der Waals surface area contributed by atoms with Crippen molar-refractivity contribution in [2.45, 2.75) is 38.4 Å². The van der Waals surface area contributed by atoms with Crippen LogP contribution < -0.4 is 0 Å². The number of piperazine rings is 1. The lowest BCUT2D eigenvalue weighted by Crippen LogP contribution is -2.58. The van der Waals surface area contributed by atoms with Gasteiger partial charge < -0.3 is 4.90 Å². The number of hydrogen-bond donors (Lipinski definition) is 1. The Morgan fingerprint density at radius 3 is 2.92 bits per heavy atom. The molecule has 2 aliphatic rings. The molecule has 6 heteroatoms. The van der Waals surface area contributed by atoms with E-state index < -0.39 is 0 Å². The summed E-state index contributed by atoms with van der Waals surface area (Å²) in [6.45, 7) is 4.60. The van der Waals surface area contributed by atoms with E-state index in [1.165, 1.54) is 0 Å². The molecule has 0 saturated carbocycles. The Morgan fingerprint density at radius 2 is 2.12 bits per heavy atom. The second kappa shape index (κ2) is 6.22. The zero-order chi connectivity index (χ0) is 16.7. The van der Waals surface area contributed by atoms with Crippen molar-refractivity contribution < 1.29 is 4.79 Å². The third-order valence-corrected chi connectivity index (χ3v) is 5.49. The number of carbonyl (C=O) groups excluding carboxylic acids is 1. The predicted molar refractivity (Wildman–Crippen MR) is 93.6 cm³/mol. The molecule has 2 saturated heterocycles. The van der Waals surface area contributed by atoms with Crippen molar-refractivity contribution in [3.05, 3.63) is 41.0 Å². The quantitative estimate of drug-likeness (QED) is 0.931. The zero-order valence-corrected chi connectivity index (χ0v) is 14.5. The minimum atomic E-state index is -0.0766. The highest BCUT2D eigenvalue weighted by Gasteiger charge is 2.40. The van der Waals surface area contributed by atoms with Crippen LogP contribution in [0.4, 0.5) is 0 Å². The number of carbonyl (C=O) groups is 1. The van der Waals surface area contributed by atoms with Crippen LogP contribution >= 0.6 is 11.6 Å². The number of benzene rings is 1. The van der Waals surface area contributed by atoms with Gasteiger partial charge in [0.05, 0.1) is 17.9 Å². The number of fused-ring (bicyclic) bond motifs is 1. The molecule has 5 nitrogen and oxygen atoms in total. The largest absolute Gasteiger partial charge is 0.337 e. The fraction of sp³-hybridized carbons (Fsp3) is 0.444. The first-order valence-corrected chi connectivity index (χ1v) is 8.84. The van der Waals surface area contributed by atoms with Crippen LogP contribution in [0.3, 0.4) is 0 Å². The topological polar surface area (TPSA) is 52.2 Å². The summed E-state index contributed by atoms with van der Waals surface area (Å²) in [6.07, 6.45) is 4.10. The van der Waals surface area contributed by atoms with Gasteiger partial charge >= 0.3 is 0 Å². The monoisotopic (exact) mass is 344 g/mol. The van der Waals surface area contributed by atoms with E-state index in [0.717, 1.165) is 54.3 Å². The lowest BCUT2D eigenvalue weighted by molar-refractivity contribution is -0.143. The highest BCUT2D eigenvalue weighted by atomic mass is 35.5. The van der Waals surface area contributed by atoms with E-state index in [1.54, 1.807) is 0 Å². The van der Waals surface area contributed by atoms with E-state index in [9.17, 15) is 4.79 Å². The van der Waals surface area contributed by atoms with Gasteiger partial charge in [-0.2, -0.15) is 5.10 Å². The minimum Gasteiger partial charge on any atom is -0.337 e. The number of rotatable bonds is 3. The molecular formula is C18H21ClN4O. The van der Waals surface area contributed by atoms with E-state index >= 15 is 0 Å². The van der Waals surface area contributed by atoms with Crippen LogP contribution in [0, 0.1) is 0 Å². The standard InChI is InChI=1S/C18H21ClN4O/c1-12-18(24)23-8-2-3-16(23)11-22(12)10-14-9-20-21-17(14)13-4-6-15(19)7-5-13/h4-7,9,12,16H,2-3,8,10-11H2,1H3,(H,20,21)/t12-,16-/m0/s1. The van der Waals surface area contributed by atoms with Crippen molar-refractivity contribution in [3.63, 3.8) is 0 Å². The smallest absolute Gasteiger partial charge is 0.239 e. The molecule has 1 aromatic carbocycles. The molecule has 126 valence electrons. The number of hydrogen-bond acceptors (Lipinski definition) is 3. The first-order chi connectivity index (χ1) is 11.6. The molecule has 1 aromatic heterocycles. The summed E-state index contributed by atoms with van der Waals surface area (Å²) in [5.74, 6) is 0.264. The van der Waals surface area contributed by atoms with E-state index in [2.05, 4.69) is 20.0 Å². The van der Waals surface area contributed by atoms with Gasteiger partial charge in [-0.1, -0.05) is 23.7 Å². The molecule has 0 spiro atoms. The van der Waals surface area contributed by atoms with Crippen molar-refractivity contribution in [1.29, 1.82) is 0 Å². The van der Waals surface area contributed by atoms with Gasteiger partial charge in [-0.3, -0.25) is 14.8 Å². The van der Waals surface area contributed by atoms with E-state index in [4.69, 9.17) is 11.6 Å². The molecule has 2 aromatic rings. The van der Waals surface area contributed by atoms with Crippen LogP contribution in [0.25, 0.3) is 11.3 Å². The van der Waals surface area contributed by atoms with Gasteiger partial charge in [0.25, 0.3) is 0 Å². The SMILES string of the molecule is C[C@H]1C(=O)N2CCC[C@H]2CN1Cc1cn[nH]c1-c1ccc(Cl)cc1. The van der Waals surface area contributed by atoms with Gasteiger partial charge in [-0.15, -0.1) is 0 Å². The van der Waals surface area contributed by atoms with Crippen molar-refractivity contribution in [2.24, 2.45) is 0 Å². The van der Waals surface area contributed by atoms with E-state index in [-0.39, 0.29) is 11.9 Å². The molecule has 4 rings (SSSR count). The van der Waals surface area contributed by atoms with Crippen molar-refractivity contribution in [3.8, 4) is 11.3 Å². The molecule has 0 unspecified atom stereocenters. The van der Waals surface area contributed by atoms with Crippen molar-refractivity contribution in [1.82, 2.24) is 20.0 Å². The van der Waals surface area contributed by atoms with Crippen LogP contribution in [-0.4, -0.2) is 51.1 Å². The maximum Gasteiger partial charge on any atom is 0.239 e. The normalized spacial score (nSPS) is 24.4. The number of halogens is 1.